The van der Waals surface area contributed by atoms with E-state index < -0.39 is 0 Å². The Hall–Kier alpha value is -2.78. The second-order valence-corrected chi connectivity index (χ2v) is 12.7. The van der Waals surface area contributed by atoms with Crippen LogP contribution in [-0.4, -0.2) is 59.5 Å². The zero-order chi connectivity index (χ0) is 27.6. The number of aryl methyl sites for hydroxylation is 1. The van der Waals surface area contributed by atoms with Gasteiger partial charge in [-0.05, 0) is 107 Å². The highest BCUT2D eigenvalue weighted by Crippen LogP contribution is 2.41. The van der Waals surface area contributed by atoms with Crippen LogP contribution in [0.1, 0.15) is 35.3 Å². The maximum Gasteiger partial charge on any atom is 0.142 e. The highest BCUT2D eigenvalue weighted by molar-refractivity contribution is 7.19. The largest absolute Gasteiger partial charge is 0.487 e. The fourth-order valence-electron chi connectivity index (χ4n) is 5.94. The molecular formula is C31H35ClFN5OS. The molecule has 0 amide bonds. The van der Waals surface area contributed by atoms with Gasteiger partial charge >= 0.3 is 0 Å². The molecule has 0 spiro atoms. The third-order valence-electron chi connectivity index (χ3n) is 8.26. The van der Waals surface area contributed by atoms with Gasteiger partial charge in [0, 0.05) is 23.2 Å². The molecule has 40 heavy (non-hydrogen) atoms. The third-order valence-corrected chi connectivity index (χ3v) is 9.71. The lowest BCUT2D eigenvalue weighted by atomic mass is 9.85. The first kappa shape index (κ1) is 27.4. The minimum atomic E-state index is -0.283. The van der Waals surface area contributed by atoms with Gasteiger partial charge in [0.15, 0.2) is 0 Å². The predicted octanol–water partition coefficient (Wildman–Crippen LogP) is 6.94. The van der Waals surface area contributed by atoms with Gasteiger partial charge in [-0.3, -0.25) is 0 Å². The number of hydrogen-bond donors (Lipinski definition) is 1. The van der Waals surface area contributed by atoms with Gasteiger partial charge < -0.3 is 19.9 Å². The molecule has 1 N–H and O–H groups in total. The molecule has 1 aliphatic carbocycles. The Balaban J connectivity index is 1.11. The zero-order valence-corrected chi connectivity index (χ0v) is 24.6. The highest BCUT2D eigenvalue weighted by Gasteiger charge is 2.28. The SMILES string of the molecule is CN(C)[C@@H]1CCN(CCC2CCc3c(sc4ncnc(Nc5ccc(OCc6cccc(F)c6)c(Cl)c5)c34)C2)C1. The number of fused-ring (bicyclic) bond motifs is 3. The Labute approximate surface area is 244 Å². The van der Waals surface area contributed by atoms with Gasteiger partial charge in [0.05, 0.1) is 10.4 Å². The summed E-state index contributed by atoms with van der Waals surface area (Å²) in [7, 11) is 4.39. The van der Waals surface area contributed by atoms with E-state index in [-0.39, 0.29) is 12.4 Å². The normalized spacial score (nSPS) is 19.3. The summed E-state index contributed by atoms with van der Waals surface area (Å²) in [4.78, 5) is 16.7. The van der Waals surface area contributed by atoms with Crippen molar-refractivity contribution in [3.05, 3.63) is 75.6 Å². The van der Waals surface area contributed by atoms with Crippen molar-refractivity contribution in [2.45, 2.75) is 44.8 Å². The summed E-state index contributed by atoms with van der Waals surface area (Å²) in [6.07, 6.45) is 7.58. The van der Waals surface area contributed by atoms with Crippen LogP contribution in [0.15, 0.2) is 48.8 Å². The number of nitrogens with one attached hydrogen (secondary N) is 1. The van der Waals surface area contributed by atoms with Crippen LogP contribution >= 0.6 is 22.9 Å². The Morgan fingerprint density at radius 2 is 2.08 bits per heavy atom. The summed E-state index contributed by atoms with van der Waals surface area (Å²) in [6, 6.07) is 12.7. The van der Waals surface area contributed by atoms with Gasteiger partial charge in [0.25, 0.3) is 0 Å². The van der Waals surface area contributed by atoms with Gasteiger partial charge in [-0.25, -0.2) is 14.4 Å². The highest BCUT2D eigenvalue weighted by atomic mass is 35.5. The van der Waals surface area contributed by atoms with E-state index in [1.54, 1.807) is 12.4 Å². The number of benzene rings is 2. The molecule has 1 unspecified atom stereocenters. The standard InChI is InChI=1S/C31H35ClFN5OS/c1-37(2)24-11-13-38(17-24)12-10-20-6-8-25-28(15-20)40-31-29(25)30(34-19-35-31)36-23-7-9-27(26(32)16-23)39-18-21-4-3-5-22(33)14-21/h3-5,7,9,14,16,19-20,24H,6,8,10-13,15,17-18H2,1-2H3,(H,34,35,36)/t20?,24-/m1/s1. The van der Waals surface area contributed by atoms with Gasteiger partial charge in [-0.1, -0.05) is 23.7 Å². The van der Waals surface area contributed by atoms with Crippen LogP contribution in [0.3, 0.4) is 0 Å². The molecule has 4 aromatic rings. The van der Waals surface area contributed by atoms with E-state index in [0.717, 1.165) is 46.0 Å². The number of halogens is 2. The Morgan fingerprint density at radius 1 is 1.18 bits per heavy atom. The number of likely N-dealkylation sites (N-methyl/N-ethyl adjacent to an activating group) is 1. The number of ether oxygens (including phenoxy) is 1. The summed E-state index contributed by atoms with van der Waals surface area (Å²) in [5, 5.41) is 5.09. The van der Waals surface area contributed by atoms with E-state index >= 15 is 0 Å². The number of thiophene rings is 1. The van der Waals surface area contributed by atoms with Crippen molar-refractivity contribution >= 4 is 44.7 Å². The Kier molecular flexibility index (Phi) is 8.21. The molecule has 6 nitrogen and oxygen atoms in total. The number of rotatable bonds is 9. The van der Waals surface area contributed by atoms with E-state index in [2.05, 4.69) is 39.2 Å². The van der Waals surface area contributed by atoms with Crippen LogP contribution in [0.25, 0.3) is 10.2 Å². The van der Waals surface area contributed by atoms with Crippen LogP contribution in [0.5, 0.6) is 5.75 Å². The first-order valence-electron chi connectivity index (χ1n) is 14.0. The number of aromatic nitrogens is 2. The van der Waals surface area contributed by atoms with Crippen molar-refractivity contribution in [3.8, 4) is 5.75 Å². The number of hydrogen-bond acceptors (Lipinski definition) is 7. The molecule has 0 saturated carbocycles. The molecule has 3 heterocycles. The summed E-state index contributed by atoms with van der Waals surface area (Å²) >= 11 is 8.36. The second-order valence-electron chi connectivity index (χ2n) is 11.2. The van der Waals surface area contributed by atoms with Crippen molar-refractivity contribution in [2.75, 3.05) is 39.0 Å². The fourth-order valence-corrected chi connectivity index (χ4v) is 7.48. The molecule has 1 fully saturated rings. The van der Waals surface area contributed by atoms with E-state index in [4.69, 9.17) is 16.3 Å². The lowest BCUT2D eigenvalue weighted by molar-refractivity contribution is 0.252. The summed E-state index contributed by atoms with van der Waals surface area (Å²) < 4.78 is 19.3. The molecule has 0 bridgehead atoms. The molecular weight excluding hydrogens is 545 g/mol. The van der Waals surface area contributed by atoms with Crippen LogP contribution < -0.4 is 10.1 Å². The summed E-state index contributed by atoms with van der Waals surface area (Å²) in [6.45, 7) is 3.86. The molecule has 2 aliphatic rings. The summed E-state index contributed by atoms with van der Waals surface area (Å²) in [5.41, 5.74) is 2.98. The van der Waals surface area contributed by atoms with E-state index in [0.29, 0.717) is 16.8 Å². The van der Waals surface area contributed by atoms with Crippen molar-refractivity contribution in [2.24, 2.45) is 5.92 Å². The van der Waals surface area contributed by atoms with Crippen molar-refractivity contribution in [3.63, 3.8) is 0 Å². The number of likely N-dealkylation sites (tertiary alicyclic amines) is 1. The first-order chi connectivity index (χ1) is 19.4. The maximum absolute atomic E-state index is 13.5. The Morgan fingerprint density at radius 3 is 2.88 bits per heavy atom. The van der Waals surface area contributed by atoms with Gasteiger partial charge in [-0.2, -0.15) is 0 Å². The van der Waals surface area contributed by atoms with E-state index in [1.807, 2.05) is 35.6 Å². The van der Waals surface area contributed by atoms with Gasteiger partial charge in [-0.15, -0.1) is 11.3 Å². The zero-order valence-electron chi connectivity index (χ0n) is 23.0. The Bertz CT molecular complexity index is 1490. The third kappa shape index (κ3) is 6.10. The average Bonchev–Trinajstić information content (AvgIpc) is 3.57. The molecule has 2 aromatic carbocycles. The quantitative estimate of drug-likeness (QED) is 0.232. The number of anilines is 2. The van der Waals surface area contributed by atoms with E-state index in [9.17, 15) is 4.39 Å². The smallest absolute Gasteiger partial charge is 0.142 e. The van der Waals surface area contributed by atoms with Gasteiger partial charge in [0.2, 0.25) is 0 Å². The van der Waals surface area contributed by atoms with Crippen LogP contribution in [-0.2, 0) is 19.4 Å². The first-order valence-corrected chi connectivity index (χ1v) is 15.2. The molecule has 210 valence electrons. The van der Waals surface area contributed by atoms with Crippen LogP contribution in [0.2, 0.25) is 5.02 Å². The van der Waals surface area contributed by atoms with Crippen LogP contribution in [0.4, 0.5) is 15.9 Å². The topological polar surface area (TPSA) is 53.5 Å². The van der Waals surface area contributed by atoms with Crippen molar-refractivity contribution in [1.82, 2.24) is 19.8 Å². The van der Waals surface area contributed by atoms with Gasteiger partial charge in [0.1, 0.15) is 35.1 Å². The molecule has 1 aliphatic heterocycles. The predicted molar refractivity (Wildman–Crippen MR) is 162 cm³/mol. The lowest BCUT2D eigenvalue weighted by Crippen LogP contribution is -2.32. The fraction of sp³-hybridized carbons (Fsp3) is 0.419. The molecule has 2 atom stereocenters. The minimum Gasteiger partial charge on any atom is -0.487 e. The number of nitrogens with zero attached hydrogens (tertiary/aromatic N) is 4. The molecule has 6 rings (SSSR count). The molecule has 9 heteroatoms. The van der Waals surface area contributed by atoms with Crippen LogP contribution in [0, 0.1) is 11.7 Å². The monoisotopic (exact) mass is 579 g/mol. The molecule has 2 aromatic heterocycles. The average molecular weight is 580 g/mol. The van der Waals surface area contributed by atoms with E-state index in [1.165, 1.54) is 61.5 Å². The van der Waals surface area contributed by atoms with Crippen molar-refractivity contribution in [1.29, 1.82) is 0 Å². The second kappa shape index (κ2) is 12.0. The van der Waals surface area contributed by atoms with Crippen molar-refractivity contribution < 1.29 is 9.13 Å². The summed E-state index contributed by atoms with van der Waals surface area (Å²) in [5.74, 6) is 1.81. The molecule has 0 radical (unpaired) electrons. The lowest BCUT2D eigenvalue weighted by Gasteiger charge is -2.25. The molecule has 1 saturated heterocycles. The minimum absolute atomic E-state index is 0.244. The maximum atomic E-state index is 13.5.